The Hall–Kier alpha value is -1.09. The minimum Gasteiger partial charge on any atom is -0.389 e. The van der Waals surface area contributed by atoms with Crippen LogP contribution in [0.5, 0.6) is 0 Å². The van der Waals surface area contributed by atoms with Crippen LogP contribution < -0.4 is 4.90 Å². The van der Waals surface area contributed by atoms with Crippen LogP contribution in [0, 0.1) is 11.7 Å². The number of hydrogen-bond acceptors (Lipinski definition) is 2. The van der Waals surface area contributed by atoms with Gasteiger partial charge in [-0.1, -0.05) is 19.9 Å². The molecule has 0 aliphatic carbocycles. The minimum absolute atomic E-state index is 0.258. The van der Waals surface area contributed by atoms with E-state index in [0.29, 0.717) is 17.2 Å². The molecule has 1 aromatic carbocycles. The predicted molar refractivity (Wildman–Crippen MR) is 69.8 cm³/mol. The van der Waals surface area contributed by atoms with E-state index in [4.69, 9.17) is 0 Å². The number of aliphatic hydroxyl groups is 1. The number of halogens is 1. The van der Waals surface area contributed by atoms with Gasteiger partial charge in [-0.25, -0.2) is 4.39 Å². The van der Waals surface area contributed by atoms with Crippen molar-refractivity contribution < 1.29 is 9.50 Å². The van der Waals surface area contributed by atoms with E-state index in [0.717, 1.165) is 13.1 Å². The molecule has 1 N–H and O–H groups in total. The summed E-state index contributed by atoms with van der Waals surface area (Å²) in [4.78, 5) is 2.02. The van der Waals surface area contributed by atoms with Gasteiger partial charge in [-0.05, 0) is 37.5 Å². The molecule has 0 heterocycles. The van der Waals surface area contributed by atoms with Gasteiger partial charge in [-0.2, -0.15) is 0 Å². The zero-order valence-corrected chi connectivity index (χ0v) is 11.1. The molecule has 1 atom stereocenters. The highest BCUT2D eigenvalue weighted by Crippen LogP contribution is 2.24. The Balaban J connectivity index is 2.96. The molecule has 0 aliphatic heterocycles. The van der Waals surface area contributed by atoms with E-state index in [9.17, 15) is 9.50 Å². The standard InChI is InChI=1S/C14H22FNO/c1-5-16(9-10(2)3)14-7-6-12(11(4)17)8-13(14)15/h6-8,10-11,17H,5,9H2,1-4H3/t11-/m0/s1. The molecule has 0 bridgehead atoms. The van der Waals surface area contributed by atoms with Crippen molar-refractivity contribution in [2.45, 2.75) is 33.8 Å². The number of aliphatic hydroxyl groups excluding tert-OH is 1. The van der Waals surface area contributed by atoms with Crippen LogP contribution in [0.2, 0.25) is 0 Å². The lowest BCUT2D eigenvalue weighted by Gasteiger charge is -2.26. The molecule has 0 aromatic heterocycles. The topological polar surface area (TPSA) is 23.5 Å². The normalized spacial score (nSPS) is 12.9. The van der Waals surface area contributed by atoms with Crippen LogP contribution in [0.15, 0.2) is 18.2 Å². The molecule has 17 heavy (non-hydrogen) atoms. The Bertz CT molecular complexity index is 363. The predicted octanol–water partition coefficient (Wildman–Crippen LogP) is 3.36. The molecule has 96 valence electrons. The van der Waals surface area contributed by atoms with Crippen LogP contribution in [-0.2, 0) is 0 Å². The lowest BCUT2D eigenvalue weighted by atomic mass is 10.1. The van der Waals surface area contributed by atoms with E-state index in [2.05, 4.69) is 13.8 Å². The summed E-state index contributed by atoms with van der Waals surface area (Å²) >= 11 is 0. The molecule has 0 saturated heterocycles. The summed E-state index contributed by atoms with van der Waals surface area (Å²) in [7, 11) is 0. The molecule has 0 aliphatic rings. The summed E-state index contributed by atoms with van der Waals surface area (Å²) in [6, 6.07) is 4.96. The molecular weight excluding hydrogens is 217 g/mol. The summed E-state index contributed by atoms with van der Waals surface area (Å²) in [6.45, 7) is 9.50. The van der Waals surface area contributed by atoms with Gasteiger partial charge in [0, 0.05) is 13.1 Å². The van der Waals surface area contributed by atoms with Crippen LogP contribution in [0.1, 0.15) is 39.4 Å². The van der Waals surface area contributed by atoms with E-state index in [-0.39, 0.29) is 5.82 Å². The summed E-state index contributed by atoms with van der Waals surface area (Å²) < 4.78 is 13.9. The summed E-state index contributed by atoms with van der Waals surface area (Å²) in [5.74, 6) is 0.233. The van der Waals surface area contributed by atoms with Gasteiger partial charge in [0.2, 0.25) is 0 Å². The first-order chi connectivity index (χ1) is 7.95. The Morgan fingerprint density at radius 3 is 2.35 bits per heavy atom. The zero-order chi connectivity index (χ0) is 13.0. The first kappa shape index (κ1) is 14.0. The molecule has 0 saturated carbocycles. The van der Waals surface area contributed by atoms with Crippen LogP contribution in [0.25, 0.3) is 0 Å². The second-order valence-electron chi connectivity index (χ2n) is 4.82. The Morgan fingerprint density at radius 2 is 1.94 bits per heavy atom. The van der Waals surface area contributed by atoms with Crippen LogP contribution in [0.4, 0.5) is 10.1 Å². The van der Waals surface area contributed by atoms with Gasteiger partial charge in [0.25, 0.3) is 0 Å². The third kappa shape index (κ3) is 3.70. The van der Waals surface area contributed by atoms with E-state index < -0.39 is 6.10 Å². The second-order valence-corrected chi connectivity index (χ2v) is 4.82. The van der Waals surface area contributed by atoms with Gasteiger partial charge >= 0.3 is 0 Å². The third-order valence-electron chi connectivity index (χ3n) is 2.76. The van der Waals surface area contributed by atoms with Crippen LogP contribution >= 0.6 is 0 Å². The van der Waals surface area contributed by atoms with E-state index in [1.165, 1.54) is 6.07 Å². The Morgan fingerprint density at radius 1 is 1.29 bits per heavy atom. The molecule has 0 amide bonds. The number of rotatable bonds is 5. The molecule has 0 unspecified atom stereocenters. The average molecular weight is 239 g/mol. The maximum Gasteiger partial charge on any atom is 0.146 e. The summed E-state index contributed by atoms with van der Waals surface area (Å²) in [5, 5.41) is 9.40. The fourth-order valence-electron chi connectivity index (χ4n) is 1.88. The van der Waals surface area contributed by atoms with Crippen molar-refractivity contribution in [3.63, 3.8) is 0 Å². The monoisotopic (exact) mass is 239 g/mol. The molecule has 0 radical (unpaired) electrons. The highest BCUT2D eigenvalue weighted by atomic mass is 19.1. The number of nitrogens with zero attached hydrogens (tertiary/aromatic N) is 1. The Labute approximate surface area is 103 Å². The summed E-state index contributed by atoms with van der Waals surface area (Å²) in [6.07, 6.45) is -0.626. The average Bonchev–Trinajstić information content (AvgIpc) is 2.25. The third-order valence-corrected chi connectivity index (χ3v) is 2.76. The van der Waals surface area contributed by atoms with Crippen molar-refractivity contribution in [1.82, 2.24) is 0 Å². The lowest BCUT2D eigenvalue weighted by Crippen LogP contribution is -2.28. The van der Waals surface area contributed by atoms with Crippen molar-refractivity contribution in [2.75, 3.05) is 18.0 Å². The quantitative estimate of drug-likeness (QED) is 0.851. The molecule has 1 aromatic rings. The number of benzene rings is 1. The van der Waals surface area contributed by atoms with Gasteiger partial charge < -0.3 is 10.0 Å². The van der Waals surface area contributed by atoms with E-state index in [1.807, 2.05) is 11.8 Å². The lowest BCUT2D eigenvalue weighted by molar-refractivity contribution is 0.199. The van der Waals surface area contributed by atoms with Gasteiger partial charge in [0.1, 0.15) is 5.82 Å². The van der Waals surface area contributed by atoms with Crippen LogP contribution in [0.3, 0.4) is 0 Å². The van der Waals surface area contributed by atoms with Crippen LogP contribution in [-0.4, -0.2) is 18.2 Å². The first-order valence-corrected chi connectivity index (χ1v) is 6.18. The van der Waals surface area contributed by atoms with Gasteiger partial charge in [0.15, 0.2) is 0 Å². The van der Waals surface area contributed by atoms with Crippen molar-refractivity contribution in [3.05, 3.63) is 29.6 Å². The zero-order valence-electron chi connectivity index (χ0n) is 11.1. The largest absolute Gasteiger partial charge is 0.389 e. The maximum atomic E-state index is 13.9. The van der Waals surface area contributed by atoms with Crippen molar-refractivity contribution in [2.24, 2.45) is 5.92 Å². The van der Waals surface area contributed by atoms with Crippen molar-refractivity contribution >= 4 is 5.69 Å². The second kappa shape index (κ2) is 6.01. The van der Waals surface area contributed by atoms with Gasteiger partial charge in [-0.3, -0.25) is 0 Å². The smallest absolute Gasteiger partial charge is 0.146 e. The number of anilines is 1. The molecule has 1 rings (SSSR count). The highest BCUT2D eigenvalue weighted by Gasteiger charge is 2.13. The molecule has 2 nitrogen and oxygen atoms in total. The van der Waals surface area contributed by atoms with Crippen molar-refractivity contribution in [1.29, 1.82) is 0 Å². The fraction of sp³-hybridized carbons (Fsp3) is 0.571. The first-order valence-electron chi connectivity index (χ1n) is 6.18. The molecule has 0 fully saturated rings. The summed E-state index contributed by atoms with van der Waals surface area (Å²) in [5.41, 5.74) is 1.23. The van der Waals surface area contributed by atoms with Gasteiger partial charge in [0.05, 0.1) is 11.8 Å². The molecule has 0 spiro atoms. The minimum atomic E-state index is -0.626. The molecule has 3 heteroatoms. The fourth-order valence-corrected chi connectivity index (χ4v) is 1.88. The van der Waals surface area contributed by atoms with Crippen molar-refractivity contribution in [3.8, 4) is 0 Å². The van der Waals surface area contributed by atoms with Gasteiger partial charge in [-0.15, -0.1) is 0 Å². The van der Waals surface area contributed by atoms with E-state index >= 15 is 0 Å². The van der Waals surface area contributed by atoms with E-state index in [1.54, 1.807) is 19.1 Å². The molecular formula is C14H22FNO. The highest BCUT2D eigenvalue weighted by molar-refractivity contribution is 5.49. The Kier molecular flexibility index (Phi) is 4.94. The SMILES string of the molecule is CCN(CC(C)C)c1ccc([C@H](C)O)cc1F. The number of hydrogen-bond donors (Lipinski definition) is 1. The maximum absolute atomic E-state index is 13.9.